The zero-order valence-electron chi connectivity index (χ0n) is 7.43. The fourth-order valence-corrected chi connectivity index (χ4v) is 0.907. The highest BCUT2D eigenvalue weighted by molar-refractivity contribution is 5.84. The fourth-order valence-electron chi connectivity index (χ4n) is 0.907. The lowest BCUT2D eigenvalue weighted by Crippen LogP contribution is -2.03. The number of rotatable bonds is 5. The topological polar surface area (TPSA) is 64.4 Å². The number of ether oxygens (including phenoxy) is 1. The standard InChI is InChI=1S/C8H12N2O3/c1-2-13-4-3-10-5-7(8(11)12)9-6-10/h5-6H,2-4H2,1H3,(H,11,12). The van der Waals surface area contributed by atoms with Crippen molar-refractivity contribution in [3.8, 4) is 0 Å². The van der Waals surface area contributed by atoms with Gasteiger partial charge in [-0.25, -0.2) is 9.78 Å². The molecule has 0 unspecified atom stereocenters. The molecule has 0 saturated carbocycles. The van der Waals surface area contributed by atoms with Gasteiger partial charge in [0.25, 0.3) is 0 Å². The van der Waals surface area contributed by atoms with Crippen molar-refractivity contribution in [1.29, 1.82) is 0 Å². The minimum atomic E-state index is -1.00. The molecular weight excluding hydrogens is 172 g/mol. The molecule has 72 valence electrons. The second-order valence-electron chi connectivity index (χ2n) is 2.50. The summed E-state index contributed by atoms with van der Waals surface area (Å²) < 4.78 is 6.80. The van der Waals surface area contributed by atoms with Crippen molar-refractivity contribution in [3.63, 3.8) is 0 Å². The first-order valence-electron chi connectivity index (χ1n) is 4.07. The molecular formula is C8H12N2O3. The normalized spacial score (nSPS) is 10.2. The maximum absolute atomic E-state index is 10.4. The number of nitrogens with zero attached hydrogens (tertiary/aromatic N) is 2. The molecule has 0 saturated heterocycles. The molecule has 0 bridgehead atoms. The summed E-state index contributed by atoms with van der Waals surface area (Å²) in [6.45, 7) is 3.79. The van der Waals surface area contributed by atoms with E-state index in [9.17, 15) is 4.79 Å². The third-order valence-electron chi connectivity index (χ3n) is 1.55. The van der Waals surface area contributed by atoms with Gasteiger partial charge in [0.2, 0.25) is 0 Å². The largest absolute Gasteiger partial charge is 0.476 e. The maximum Gasteiger partial charge on any atom is 0.356 e. The van der Waals surface area contributed by atoms with Crippen molar-refractivity contribution in [3.05, 3.63) is 18.2 Å². The van der Waals surface area contributed by atoms with E-state index in [2.05, 4.69) is 4.98 Å². The number of imidazole rings is 1. The van der Waals surface area contributed by atoms with Crippen molar-refractivity contribution in [2.24, 2.45) is 0 Å². The SMILES string of the molecule is CCOCCn1cnc(C(=O)O)c1. The highest BCUT2D eigenvalue weighted by atomic mass is 16.5. The Kier molecular flexibility index (Phi) is 3.45. The van der Waals surface area contributed by atoms with Gasteiger partial charge >= 0.3 is 5.97 Å². The first-order valence-corrected chi connectivity index (χ1v) is 4.07. The maximum atomic E-state index is 10.4. The highest BCUT2D eigenvalue weighted by Gasteiger charge is 2.05. The quantitative estimate of drug-likeness (QED) is 0.681. The van der Waals surface area contributed by atoms with Gasteiger partial charge in [-0.15, -0.1) is 0 Å². The Morgan fingerprint density at radius 2 is 2.54 bits per heavy atom. The lowest BCUT2D eigenvalue weighted by Gasteiger charge is -2.00. The molecule has 0 aliphatic carbocycles. The number of hydrogen-bond donors (Lipinski definition) is 1. The van der Waals surface area contributed by atoms with E-state index in [4.69, 9.17) is 9.84 Å². The predicted octanol–water partition coefficient (Wildman–Crippen LogP) is 0.618. The Balaban J connectivity index is 2.44. The molecule has 5 nitrogen and oxygen atoms in total. The summed E-state index contributed by atoms with van der Waals surface area (Å²) in [6.07, 6.45) is 2.98. The smallest absolute Gasteiger partial charge is 0.356 e. The molecule has 0 amide bonds. The molecule has 0 atom stereocenters. The summed E-state index contributed by atoms with van der Waals surface area (Å²) >= 11 is 0. The van der Waals surface area contributed by atoms with Gasteiger partial charge < -0.3 is 14.4 Å². The predicted molar refractivity (Wildman–Crippen MR) is 45.7 cm³/mol. The molecule has 0 fully saturated rings. The average molecular weight is 184 g/mol. The molecule has 1 heterocycles. The zero-order chi connectivity index (χ0) is 9.68. The Bertz CT molecular complexity index is 283. The molecule has 1 aromatic heterocycles. The second kappa shape index (κ2) is 4.61. The first kappa shape index (κ1) is 9.73. The van der Waals surface area contributed by atoms with Crippen molar-refractivity contribution in [1.82, 2.24) is 9.55 Å². The summed E-state index contributed by atoms with van der Waals surface area (Å²) in [7, 11) is 0. The van der Waals surface area contributed by atoms with Gasteiger partial charge in [0.05, 0.1) is 12.9 Å². The first-order chi connectivity index (χ1) is 6.24. The van der Waals surface area contributed by atoms with E-state index in [0.717, 1.165) is 0 Å². The Hall–Kier alpha value is -1.36. The van der Waals surface area contributed by atoms with Gasteiger partial charge in [0, 0.05) is 19.3 Å². The molecule has 0 aliphatic heterocycles. The van der Waals surface area contributed by atoms with Crippen LogP contribution in [0.3, 0.4) is 0 Å². The Morgan fingerprint density at radius 1 is 1.77 bits per heavy atom. The Labute approximate surface area is 76.0 Å². The van der Waals surface area contributed by atoms with Gasteiger partial charge in [-0.05, 0) is 6.92 Å². The summed E-state index contributed by atoms with van der Waals surface area (Å²) in [6, 6.07) is 0. The van der Waals surface area contributed by atoms with Crippen LogP contribution in [-0.4, -0.2) is 33.8 Å². The summed E-state index contributed by atoms with van der Waals surface area (Å²) in [5.41, 5.74) is 0.0662. The van der Waals surface area contributed by atoms with Crippen LogP contribution in [-0.2, 0) is 11.3 Å². The van der Waals surface area contributed by atoms with Gasteiger partial charge in [0.15, 0.2) is 5.69 Å². The highest BCUT2D eigenvalue weighted by Crippen LogP contribution is 1.95. The van der Waals surface area contributed by atoms with Gasteiger partial charge in [-0.2, -0.15) is 0 Å². The minimum Gasteiger partial charge on any atom is -0.476 e. The van der Waals surface area contributed by atoms with E-state index in [-0.39, 0.29) is 5.69 Å². The lowest BCUT2D eigenvalue weighted by atomic mass is 10.5. The molecule has 0 aliphatic rings. The monoisotopic (exact) mass is 184 g/mol. The number of hydrogen-bond acceptors (Lipinski definition) is 3. The van der Waals surface area contributed by atoms with E-state index in [1.54, 1.807) is 4.57 Å². The summed E-state index contributed by atoms with van der Waals surface area (Å²) in [5.74, 6) is -1.00. The van der Waals surface area contributed by atoms with Crippen LogP contribution in [0, 0.1) is 0 Å². The molecule has 5 heteroatoms. The van der Waals surface area contributed by atoms with Crippen molar-refractivity contribution in [2.75, 3.05) is 13.2 Å². The Morgan fingerprint density at radius 3 is 3.08 bits per heavy atom. The third-order valence-corrected chi connectivity index (χ3v) is 1.55. The van der Waals surface area contributed by atoms with E-state index >= 15 is 0 Å². The lowest BCUT2D eigenvalue weighted by molar-refractivity contribution is 0.0690. The molecule has 1 N–H and O–H groups in total. The van der Waals surface area contributed by atoms with E-state index in [1.807, 2.05) is 6.92 Å². The van der Waals surface area contributed by atoms with Crippen molar-refractivity contribution < 1.29 is 14.6 Å². The molecule has 0 radical (unpaired) electrons. The van der Waals surface area contributed by atoms with Gasteiger partial charge in [-0.1, -0.05) is 0 Å². The van der Waals surface area contributed by atoms with Crippen molar-refractivity contribution >= 4 is 5.97 Å². The van der Waals surface area contributed by atoms with Crippen LogP contribution in [0.4, 0.5) is 0 Å². The van der Waals surface area contributed by atoms with Crippen LogP contribution in [0.1, 0.15) is 17.4 Å². The van der Waals surface area contributed by atoms with Crippen molar-refractivity contribution in [2.45, 2.75) is 13.5 Å². The van der Waals surface area contributed by atoms with Crippen LogP contribution >= 0.6 is 0 Å². The van der Waals surface area contributed by atoms with E-state index in [1.165, 1.54) is 12.5 Å². The minimum absolute atomic E-state index is 0.0662. The molecule has 1 rings (SSSR count). The fraction of sp³-hybridized carbons (Fsp3) is 0.500. The molecule has 13 heavy (non-hydrogen) atoms. The molecule has 1 aromatic rings. The summed E-state index contributed by atoms with van der Waals surface area (Å²) in [5, 5.41) is 8.56. The summed E-state index contributed by atoms with van der Waals surface area (Å²) in [4.78, 5) is 14.1. The van der Waals surface area contributed by atoms with Gasteiger partial charge in [-0.3, -0.25) is 0 Å². The molecule has 0 aromatic carbocycles. The number of carbonyl (C=O) groups is 1. The van der Waals surface area contributed by atoms with Crippen LogP contribution in [0.2, 0.25) is 0 Å². The van der Waals surface area contributed by atoms with E-state index in [0.29, 0.717) is 19.8 Å². The third kappa shape index (κ3) is 2.87. The second-order valence-corrected chi connectivity index (χ2v) is 2.50. The number of aromatic nitrogens is 2. The van der Waals surface area contributed by atoms with Crippen LogP contribution < -0.4 is 0 Å². The zero-order valence-corrected chi connectivity index (χ0v) is 7.43. The number of carboxylic acids is 1. The number of carboxylic acid groups (broad SMARTS) is 1. The number of aromatic carboxylic acids is 1. The van der Waals surface area contributed by atoms with Crippen LogP contribution in [0.15, 0.2) is 12.5 Å². The van der Waals surface area contributed by atoms with Crippen LogP contribution in [0.5, 0.6) is 0 Å². The average Bonchev–Trinajstić information content (AvgIpc) is 2.53. The molecule has 0 spiro atoms. The van der Waals surface area contributed by atoms with E-state index < -0.39 is 5.97 Å². The van der Waals surface area contributed by atoms with Crippen LogP contribution in [0.25, 0.3) is 0 Å². The van der Waals surface area contributed by atoms with Gasteiger partial charge in [0.1, 0.15) is 0 Å².